The number of aromatic nitrogens is 1. The number of anilines is 2. The van der Waals surface area contributed by atoms with Gasteiger partial charge in [-0.3, -0.25) is 0 Å². The van der Waals surface area contributed by atoms with Gasteiger partial charge in [-0.05, 0) is 104 Å². The summed E-state index contributed by atoms with van der Waals surface area (Å²) in [5.74, 6) is 0.410. The number of nitrogens with zero attached hydrogens (tertiary/aromatic N) is 2. The van der Waals surface area contributed by atoms with Gasteiger partial charge in [-0.2, -0.15) is 0 Å². The van der Waals surface area contributed by atoms with E-state index in [2.05, 4.69) is 87.4 Å². The Bertz CT molecular complexity index is 1090. The summed E-state index contributed by atoms with van der Waals surface area (Å²) in [5, 5.41) is 4.93. The number of nitrogens with one attached hydrogen (secondary N) is 1. The van der Waals surface area contributed by atoms with Crippen LogP contribution in [-0.4, -0.2) is 37.5 Å². The van der Waals surface area contributed by atoms with E-state index >= 15 is 0 Å². The predicted molar refractivity (Wildman–Crippen MR) is 148 cm³/mol. The first-order chi connectivity index (χ1) is 16.1. The number of likely N-dealkylation sites (tertiary alicyclic amines) is 1. The van der Waals surface area contributed by atoms with Crippen LogP contribution in [0.2, 0.25) is 16.6 Å². The van der Waals surface area contributed by atoms with Crippen molar-refractivity contribution in [1.82, 2.24) is 9.13 Å². The fraction of sp³-hybridized carbons (Fsp3) is 0.517. The Kier molecular flexibility index (Phi) is 7.25. The number of hydrogen-bond acceptors (Lipinski definition) is 2. The Morgan fingerprint density at radius 1 is 0.853 bits per heavy atom. The molecule has 1 aliphatic rings. The van der Waals surface area contributed by atoms with Crippen LogP contribution < -0.4 is 5.32 Å². The Morgan fingerprint density at radius 2 is 1.41 bits per heavy atom. The highest BCUT2D eigenvalue weighted by Crippen LogP contribution is 2.46. The van der Waals surface area contributed by atoms with E-state index in [9.17, 15) is 4.39 Å². The lowest BCUT2D eigenvalue weighted by atomic mass is 9.89. The van der Waals surface area contributed by atoms with Crippen LogP contribution in [0.15, 0.2) is 48.7 Å². The molecule has 0 saturated carbocycles. The normalized spacial score (nSPS) is 16.3. The molecule has 0 radical (unpaired) electrons. The lowest BCUT2D eigenvalue weighted by Gasteiger charge is -2.44. The van der Waals surface area contributed by atoms with E-state index in [1.54, 1.807) is 12.1 Å². The van der Waals surface area contributed by atoms with Crippen molar-refractivity contribution in [2.24, 2.45) is 0 Å². The van der Waals surface area contributed by atoms with Crippen molar-refractivity contribution in [3.63, 3.8) is 0 Å². The molecule has 34 heavy (non-hydrogen) atoms. The van der Waals surface area contributed by atoms with Crippen LogP contribution in [0.3, 0.4) is 0 Å². The molecular weight excluding hydrogens is 437 g/mol. The number of piperidine rings is 1. The molecule has 1 aromatic heterocycles. The number of fused-ring (bicyclic) bond motifs is 1. The fourth-order valence-electron chi connectivity index (χ4n) is 6.83. The summed E-state index contributed by atoms with van der Waals surface area (Å²) >= 11 is 0. The summed E-state index contributed by atoms with van der Waals surface area (Å²) in [6.45, 7) is 17.0. The molecule has 1 saturated heterocycles. The molecule has 5 heteroatoms. The molecule has 3 nitrogen and oxygen atoms in total. The number of rotatable bonds is 7. The second-order valence-corrected chi connectivity index (χ2v) is 17.0. The van der Waals surface area contributed by atoms with Gasteiger partial charge in [0.05, 0.1) is 0 Å². The SMILES string of the molecule is CC(C)[Si](C(C)C)(C(C)C)n1cc(C2CCN(C)CC2)c2ccc(Nc3ccc(F)cc3)cc21. The van der Waals surface area contributed by atoms with Gasteiger partial charge >= 0.3 is 0 Å². The molecule has 0 aliphatic carbocycles. The molecule has 1 fully saturated rings. The average Bonchev–Trinajstić information content (AvgIpc) is 3.14. The van der Waals surface area contributed by atoms with Crippen molar-refractivity contribution >= 4 is 30.5 Å². The maximum absolute atomic E-state index is 13.4. The summed E-state index contributed by atoms with van der Waals surface area (Å²) in [7, 11) is 0.319. The number of benzene rings is 2. The second-order valence-electron chi connectivity index (χ2n) is 11.2. The monoisotopic (exact) mass is 479 g/mol. The van der Waals surface area contributed by atoms with Gasteiger partial charge in [0.1, 0.15) is 5.82 Å². The first kappa shape index (κ1) is 25.0. The highest BCUT2D eigenvalue weighted by atomic mass is 28.3. The maximum Gasteiger partial charge on any atom is 0.169 e. The number of hydrogen-bond donors (Lipinski definition) is 1. The maximum atomic E-state index is 13.4. The summed E-state index contributed by atoms with van der Waals surface area (Å²) in [6, 6.07) is 13.5. The van der Waals surface area contributed by atoms with E-state index < -0.39 is 8.24 Å². The van der Waals surface area contributed by atoms with Crippen LogP contribution in [0.4, 0.5) is 15.8 Å². The van der Waals surface area contributed by atoms with E-state index in [1.165, 1.54) is 54.5 Å². The van der Waals surface area contributed by atoms with E-state index in [0.29, 0.717) is 22.5 Å². The van der Waals surface area contributed by atoms with Crippen molar-refractivity contribution in [2.45, 2.75) is 76.9 Å². The van der Waals surface area contributed by atoms with Crippen molar-refractivity contribution in [3.8, 4) is 0 Å². The van der Waals surface area contributed by atoms with Crippen molar-refractivity contribution in [1.29, 1.82) is 0 Å². The molecule has 0 spiro atoms. The standard InChI is InChI=1S/C29H42FN3Si/c1-20(2)34(21(3)4,22(5)6)33-19-28(23-14-16-32(7)17-15-23)27-13-12-26(18-29(27)33)31-25-10-8-24(30)9-11-25/h8-13,18-23,31H,14-17H2,1-7H3. The third-order valence-electron chi connectivity index (χ3n) is 8.32. The van der Waals surface area contributed by atoms with Crippen LogP contribution in [-0.2, 0) is 0 Å². The van der Waals surface area contributed by atoms with Gasteiger partial charge in [0.15, 0.2) is 8.24 Å². The largest absolute Gasteiger partial charge is 0.373 e. The summed E-state index contributed by atoms with van der Waals surface area (Å²) < 4.78 is 16.2. The molecule has 0 amide bonds. The second kappa shape index (κ2) is 9.86. The van der Waals surface area contributed by atoms with Crippen LogP contribution in [0, 0.1) is 5.82 Å². The van der Waals surface area contributed by atoms with Gasteiger partial charge in [-0.15, -0.1) is 0 Å². The highest BCUT2D eigenvalue weighted by molar-refractivity contribution is 6.82. The third kappa shape index (κ3) is 4.45. The average molecular weight is 480 g/mol. The van der Waals surface area contributed by atoms with Crippen LogP contribution in [0.5, 0.6) is 0 Å². The first-order valence-corrected chi connectivity index (χ1v) is 15.2. The third-order valence-corrected chi connectivity index (χ3v) is 15.1. The van der Waals surface area contributed by atoms with Crippen LogP contribution in [0.25, 0.3) is 10.9 Å². The quantitative estimate of drug-likeness (QED) is 0.344. The van der Waals surface area contributed by atoms with Crippen LogP contribution in [0.1, 0.15) is 65.9 Å². The summed E-state index contributed by atoms with van der Waals surface area (Å²) in [4.78, 5) is 2.45. The summed E-state index contributed by atoms with van der Waals surface area (Å²) in [6.07, 6.45) is 5.02. The van der Waals surface area contributed by atoms with Gasteiger partial charge in [-0.1, -0.05) is 47.6 Å². The zero-order valence-corrected chi connectivity index (χ0v) is 23.0. The molecule has 0 atom stereocenters. The molecule has 0 bridgehead atoms. The first-order valence-electron chi connectivity index (χ1n) is 13.0. The topological polar surface area (TPSA) is 20.2 Å². The Morgan fingerprint density at radius 3 is 1.97 bits per heavy atom. The smallest absolute Gasteiger partial charge is 0.169 e. The van der Waals surface area contributed by atoms with E-state index in [0.717, 1.165) is 11.4 Å². The fourth-order valence-corrected chi connectivity index (χ4v) is 13.5. The molecule has 1 N–H and O–H groups in total. The lowest BCUT2D eigenvalue weighted by Crippen LogP contribution is -2.51. The Hall–Kier alpha value is -2.11. The minimum absolute atomic E-state index is 0.209. The van der Waals surface area contributed by atoms with Crippen molar-refractivity contribution < 1.29 is 4.39 Å². The minimum atomic E-state index is -1.92. The Balaban J connectivity index is 1.88. The van der Waals surface area contributed by atoms with E-state index in [4.69, 9.17) is 0 Å². The Labute approximate surface area is 206 Å². The predicted octanol–water partition coefficient (Wildman–Crippen LogP) is 8.36. The van der Waals surface area contributed by atoms with Gasteiger partial charge < -0.3 is 14.4 Å². The highest BCUT2D eigenvalue weighted by Gasteiger charge is 2.46. The molecule has 1 aliphatic heterocycles. The minimum Gasteiger partial charge on any atom is -0.373 e. The van der Waals surface area contributed by atoms with E-state index in [1.807, 2.05) is 0 Å². The molecule has 0 unspecified atom stereocenters. The summed E-state index contributed by atoms with van der Waals surface area (Å²) in [5.41, 5.74) is 6.76. The molecular formula is C29H42FN3Si. The van der Waals surface area contributed by atoms with E-state index in [-0.39, 0.29) is 5.82 Å². The zero-order chi connectivity index (χ0) is 24.6. The van der Waals surface area contributed by atoms with Gasteiger partial charge in [0.25, 0.3) is 0 Å². The van der Waals surface area contributed by atoms with Gasteiger partial charge in [0.2, 0.25) is 0 Å². The van der Waals surface area contributed by atoms with Gasteiger partial charge in [-0.25, -0.2) is 4.39 Å². The molecule has 4 rings (SSSR count). The molecule has 2 heterocycles. The molecule has 184 valence electrons. The van der Waals surface area contributed by atoms with Crippen molar-refractivity contribution in [2.75, 3.05) is 25.5 Å². The molecule has 3 aromatic rings. The molecule has 2 aromatic carbocycles. The lowest BCUT2D eigenvalue weighted by molar-refractivity contribution is 0.256. The van der Waals surface area contributed by atoms with Gasteiger partial charge in [0, 0.05) is 22.3 Å². The van der Waals surface area contributed by atoms with Crippen LogP contribution >= 0.6 is 0 Å². The van der Waals surface area contributed by atoms with Crippen molar-refractivity contribution in [3.05, 3.63) is 60.0 Å². The number of halogens is 1. The zero-order valence-electron chi connectivity index (χ0n) is 22.0.